The van der Waals surface area contributed by atoms with Crippen LogP contribution in [-0.2, 0) is 6.18 Å². The molecule has 2 nitrogen and oxygen atoms in total. The first-order chi connectivity index (χ1) is 7.82. The maximum Gasteiger partial charge on any atom is 0.416 e. The number of hydrogen-bond acceptors (Lipinski definition) is 2. The average Bonchev–Trinajstić information content (AvgIpc) is 2.61. The molecule has 0 amide bonds. The minimum absolute atomic E-state index is 0.0153. The summed E-state index contributed by atoms with van der Waals surface area (Å²) in [5, 5.41) is 9.53. The summed E-state index contributed by atoms with van der Waals surface area (Å²) in [6.45, 7) is 3.87. The van der Waals surface area contributed by atoms with Gasteiger partial charge in [-0.25, -0.2) is 0 Å². The van der Waals surface area contributed by atoms with Gasteiger partial charge in [0.2, 0.25) is 0 Å². The Morgan fingerprint density at radius 2 is 2.00 bits per heavy atom. The van der Waals surface area contributed by atoms with E-state index in [-0.39, 0.29) is 35.5 Å². The maximum absolute atomic E-state index is 12.9. The molecule has 17 heavy (non-hydrogen) atoms. The number of phenols is 1. The van der Waals surface area contributed by atoms with E-state index < -0.39 is 11.7 Å². The molecule has 1 aromatic rings. The average molecular weight is 246 g/mol. The minimum atomic E-state index is -4.42. The zero-order valence-corrected chi connectivity index (χ0v) is 9.51. The van der Waals surface area contributed by atoms with Crippen molar-refractivity contribution in [2.75, 3.05) is 6.61 Å². The summed E-state index contributed by atoms with van der Waals surface area (Å²) < 4.78 is 43.8. The highest BCUT2D eigenvalue weighted by atomic mass is 19.4. The van der Waals surface area contributed by atoms with Gasteiger partial charge >= 0.3 is 6.18 Å². The van der Waals surface area contributed by atoms with E-state index in [1.807, 2.05) is 13.8 Å². The van der Waals surface area contributed by atoms with Gasteiger partial charge in [0, 0.05) is 11.5 Å². The number of halogens is 3. The second-order valence-corrected chi connectivity index (χ2v) is 4.53. The molecule has 1 unspecified atom stereocenters. The van der Waals surface area contributed by atoms with Gasteiger partial charge in [0.1, 0.15) is 0 Å². The summed E-state index contributed by atoms with van der Waals surface area (Å²) in [4.78, 5) is 0. The molecule has 0 aromatic heterocycles. The van der Waals surface area contributed by atoms with Gasteiger partial charge < -0.3 is 9.84 Å². The van der Waals surface area contributed by atoms with E-state index in [2.05, 4.69) is 0 Å². The number of alkyl halides is 3. The van der Waals surface area contributed by atoms with Crippen LogP contribution in [-0.4, -0.2) is 11.7 Å². The Balaban J connectivity index is 2.62. The molecule has 0 radical (unpaired) electrons. The molecule has 1 heterocycles. The summed E-state index contributed by atoms with van der Waals surface area (Å²) in [6.07, 6.45) is -4.42. The maximum atomic E-state index is 12.9. The van der Waals surface area contributed by atoms with Crippen LogP contribution in [0.2, 0.25) is 0 Å². The molecular formula is C12H13F3O2. The number of ether oxygens (including phenoxy) is 1. The quantitative estimate of drug-likeness (QED) is 0.821. The highest BCUT2D eigenvalue weighted by Gasteiger charge is 2.41. The van der Waals surface area contributed by atoms with Gasteiger partial charge in [-0.05, 0) is 18.1 Å². The molecule has 0 saturated carbocycles. The zero-order chi connectivity index (χ0) is 12.8. The summed E-state index contributed by atoms with van der Waals surface area (Å²) in [7, 11) is 0. The lowest BCUT2D eigenvalue weighted by Gasteiger charge is -2.18. The fraction of sp³-hybridized carbons (Fsp3) is 0.500. The van der Waals surface area contributed by atoms with Crippen LogP contribution in [0, 0.1) is 5.92 Å². The van der Waals surface area contributed by atoms with Crippen LogP contribution in [0.25, 0.3) is 0 Å². The topological polar surface area (TPSA) is 29.5 Å². The van der Waals surface area contributed by atoms with E-state index in [1.54, 1.807) is 0 Å². The van der Waals surface area contributed by atoms with Crippen LogP contribution in [0.15, 0.2) is 12.1 Å². The highest BCUT2D eigenvalue weighted by molar-refractivity contribution is 5.55. The zero-order valence-electron chi connectivity index (χ0n) is 9.51. The van der Waals surface area contributed by atoms with Crippen LogP contribution >= 0.6 is 0 Å². The Kier molecular flexibility index (Phi) is 2.72. The molecule has 2 rings (SSSR count). The lowest BCUT2D eigenvalue weighted by molar-refractivity contribution is -0.138. The third-order valence-corrected chi connectivity index (χ3v) is 3.06. The predicted molar refractivity (Wildman–Crippen MR) is 56.2 cm³/mol. The van der Waals surface area contributed by atoms with Crippen LogP contribution in [0.4, 0.5) is 13.2 Å². The number of fused-ring (bicyclic) bond motifs is 1. The SMILES string of the molecule is CC(C)C1COc2c(O)ccc(C(F)(F)F)c21. The van der Waals surface area contributed by atoms with Crippen molar-refractivity contribution in [3.05, 3.63) is 23.3 Å². The number of aromatic hydroxyl groups is 1. The van der Waals surface area contributed by atoms with Crippen LogP contribution in [0.3, 0.4) is 0 Å². The molecule has 0 saturated heterocycles. The molecule has 5 heteroatoms. The van der Waals surface area contributed by atoms with Gasteiger partial charge in [0.25, 0.3) is 0 Å². The Morgan fingerprint density at radius 1 is 1.35 bits per heavy atom. The van der Waals surface area contributed by atoms with Crippen molar-refractivity contribution in [2.24, 2.45) is 5.92 Å². The molecule has 1 N–H and O–H groups in total. The van der Waals surface area contributed by atoms with Gasteiger partial charge in [-0.2, -0.15) is 13.2 Å². The van der Waals surface area contributed by atoms with Crippen molar-refractivity contribution in [2.45, 2.75) is 25.9 Å². The largest absolute Gasteiger partial charge is 0.504 e. The molecule has 1 aliphatic rings. The minimum Gasteiger partial charge on any atom is -0.504 e. The number of benzene rings is 1. The Bertz CT molecular complexity index is 438. The van der Waals surface area contributed by atoms with Crippen molar-refractivity contribution >= 4 is 0 Å². The fourth-order valence-electron chi connectivity index (χ4n) is 2.14. The molecule has 0 fully saturated rings. The first kappa shape index (κ1) is 12.1. The Hall–Kier alpha value is -1.39. The Labute approximate surface area is 97.0 Å². The number of phenolic OH excluding ortho intramolecular Hbond substituents is 1. The van der Waals surface area contributed by atoms with E-state index in [0.29, 0.717) is 0 Å². The number of hydrogen-bond donors (Lipinski definition) is 1. The fourth-order valence-corrected chi connectivity index (χ4v) is 2.14. The van der Waals surface area contributed by atoms with Crippen molar-refractivity contribution in [1.82, 2.24) is 0 Å². The van der Waals surface area contributed by atoms with Gasteiger partial charge in [-0.3, -0.25) is 0 Å². The summed E-state index contributed by atoms with van der Waals surface area (Å²) in [6, 6.07) is 1.95. The van der Waals surface area contributed by atoms with Gasteiger partial charge in [-0.15, -0.1) is 0 Å². The van der Waals surface area contributed by atoms with E-state index in [4.69, 9.17) is 4.74 Å². The van der Waals surface area contributed by atoms with Gasteiger partial charge in [0.15, 0.2) is 11.5 Å². The highest BCUT2D eigenvalue weighted by Crippen LogP contribution is 2.49. The standard InChI is InChI=1S/C12H13F3O2/c1-6(2)7-5-17-11-9(16)4-3-8(10(7)11)12(13,14)15/h3-4,6-7,16H,5H2,1-2H3. The van der Waals surface area contributed by atoms with Crippen molar-refractivity contribution in [3.8, 4) is 11.5 Å². The molecule has 0 spiro atoms. The summed E-state index contributed by atoms with van der Waals surface area (Å²) >= 11 is 0. The first-order valence-corrected chi connectivity index (χ1v) is 5.38. The normalized spacial score (nSPS) is 19.3. The molecular weight excluding hydrogens is 233 g/mol. The third-order valence-electron chi connectivity index (χ3n) is 3.06. The van der Waals surface area contributed by atoms with Crippen molar-refractivity contribution in [3.63, 3.8) is 0 Å². The molecule has 1 aromatic carbocycles. The Morgan fingerprint density at radius 3 is 2.53 bits per heavy atom. The monoisotopic (exact) mass is 246 g/mol. The second-order valence-electron chi connectivity index (χ2n) is 4.53. The van der Waals surface area contributed by atoms with Crippen molar-refractivity contribution < 1.29 is 23.0 Å². The smallest absolute Gasteiger partial charge is 0.416 e. The summed E-state index contributed by atoms with van der Waals surface area (Å²) in [5.74, 6) is -0.539. The molecule has 0 bridgehead atoms. The van der Waals surface area contributed by atoms with E-state index in [0.717, 1.165) is 12.1 Å². The second kappa shape index (κ2) is 3.82. The third kappa shape index (κ3) is 1.94. The summed E-state index contributed by atoms with van der Waals surface area (Å²) in [5.41, 5.74) is -0.617. The van der Waals surface area contributed by atoms with Crippen LogP contribution in [0.5, 0.6) is 11.5 Å². The van der Waals surface area contributed by atoms with Crippen molar-refractivity contribution in [1.29, 1.82) is 0 Å². The molecule has 0 aliphatic carbocycles. The van der Waals surface area contributed by atoms with Crippen LogP contribution in [0.1, 0.15) is 30.9 Å². The number of rotatable bonds is 1. The van der Waals surface area contributed by atoms with E-state index in [9.17, 15) is 18.3 Å². The first-order valence-electron chi connectivity index (χ1n) is 5.38. The van der Waals surface area contributed by atoms with Gasteiger partial charge in [-0.1, -0.05) is 13.8 Å². The van der Waals surface area contributed by atoms with E-state index >= 15 is 0 Å². The predicted octanol–water partition coefficient (Wildman–Crippen LogP) is 3.54. The molecule has 94 valence electrons. The molecule has 1 atom stereocenters. The van der Waals surface area contributed by atoms with E-state index in [1.165, 1.54) is 0 Å². The lowest BCUT2D eigenvalue weighted by atomic mass is 9.87. The lowest BCUT2D eigenvalue weighted by Crippen LogP contribution is -2.14. The van der Waals surface area contributed by atoms with Gasteiger partial charge in [0.05, 0.1) is 12.2 Å². The van der Waals surface area contributed by atoms with Crippen LogP contribution < -0.4 is 4.74 Å². The molecule has 1 aliphatic heterocycles.